The first-order valence-electron chi connectivity index (χ1n) is 7.35. The lowest BCUT2D eigenvalue weighted by molar-refractivity contribution is -0.123. The van der Waals surface area contributed by atoms with Crippen molar-refractivity contribution in [3.05, 3.63) is 0 Å². The molecule has 1 atom stereocenters. The fraction of sp³-hybridized carbons (Fsp3) is 0.929. The lowest BCUT2D eigenvalue weighted by atomic mass is 9.95. The number of carbonyl (C=O) groups is 1. The van der Waals surface area contributed by atoms with Gasteiger partial charge in [-0.2, -0.15) is 11.8 Å². The van der Waals surface area contributed by atoms with Crippen molar-refractivity contribution in [2.24, 2.45) is 0 Å². The molecule has 1 aliphatic carbocycles. The van der Waals surface area contributed by atoms with E-state index < -0.39 is 0 Å². The van der Waals surface area contributed by atoms with E-state index in [0.29, 0.717) is 6.04 Å². The third-order valence-electron chi connectivity index (χ3n) is 3.46. The molecule has 0 aromatic rings. The van der Waals surface area contributed by atoms with Gasteiger partial charge in [0.05, 0.1) is 6.04 Å². The molecular formula is C14H28N2OS. The summed E-state index contributed by atoms with van der Waals surface area (Å²) >= 11 is 1.96. The average molecular weight is 272 g/mol. The molecular weight excluding hydrogens is 244 g/mol. The van der Waals surface area contributed by atoms with Gasteiger partial charge in [0, 0.05) is 6.04 Å². The summed E-state index contributed by atoms with van der Waals surface area (Å²) in [6, 6.07) is 0.365. The van der Waals surface area contributed by atoms with Crippen molar-refractivity contribution in [1.82, 2.24) is 10.6 Å². The van der Waals surface area contributed by atoms with Gasteiger partial charge in [-0.25, -0.2) is 0 Å². The first kappa shape index (κ1) is 15.8. The Hall–Kier alpha value is -0.220. The Morgan fingerprint density at radius 3 is 2.72 bits per heavy atom. The van der Waals surface area contributed by atoms with E-state index in [0.717, 1.165) is 25.8 Å². The first-order valence-corrected chi connectivity index (χ1v) is 8.51. The molecule has 0 aliphatic heterocycles. The molecule has 0 spiro atoms. The van der Waals surface area contributed by atoms with Gasteiger partial charge in [-0.3, -0.25) is 4.79 Å². The highest BCUT2D eigenvalue weighted by Crippen LogP contribution is 2.17. The maximum Gasteiger partial charge on any atom is 0.237 e. The summed E-state index contributed by atoms with van der Waals surface area (Å²) in [4.78, 5) is 12.0. The van der Waals surface area contributed by atoms with Gasteiger partial charge in [0.1, 0.15) is 0 Å². The standard InChI is InChI=1S/C14H28N2OS/c1-3-18-11-7-10-15-12(2)14(17)16-13-8-5-4-6-9-13/h12-13,15H,3-11H2,1-2H3,(H,16,17). The summed E-state index contributed by atoms with van der Waals surface area (Å²) < 4.78 is 0. The van der Waals surface area contributed by atoms with E-state index in [1.807, 2.05) is 18.7 Å². The second-order valence-corrected chi connectivity index (χ2v) is 6.46. The minimum Gasteiger partial charge on any atom is -0.352 e. The number of thioether (sulfide) groups is 1. The molecule has 1 aliphatic rings. The van der Waals surface area contributed by atoms with Crippen LogP contribution in [-0.4, -0.2) is 36.0 Å². The second kappa shape index (κ2) is 9.68. The van der Waals surface area contributed by atoms with Crippen LogP contribution in [0.25, 0.3) is 0 Å². The Kier molecular flexibility index (Phi) is 8.51. The van der Waals surface area contributed by atoms with Crippen LogP contribution in [0, 0.1) is 0 Å². The van der Waals surface area contributed by atoms with Crippen molar-refractivity contribution >= 4 is 17.7 Å². The smallest absolute Gasteiger partial charge is 0.237 e. The SMILES string of the molecule is CCSCCCNC(C)C(=O)NC1CCCCC1. The molecule has 106 valence electrons. The van der Waals surface area contributed by atoms with Gasteiger partial charge < -0.3 is 10.6 Å². The van der Waals surface area contributed by atoms with E-state index in [2.05, 4.69) is 17.6 Å². The third-order valence-corrected chi connectivity index (χ3v) is 4.45. The molecule has 1 saturated carbocycles. The van der Waals surface area contributed by atoms with Crippen LogP contribution in [0.4, 0.5) is 0 Å². The van der Waals surface area contributed by atoms with Crippen LogP contribution >= 0.6 is 11.8 Å². The number of rotatable bonds is 8. The van der Waals surface area contributed by atoms with Crippen molar-refractivity contribution in [3.8, 4) is 0 Å². The van der Waals surface area contributed by atoms with Gasteiger partial charge in [0.15, 0.2) is 0 Å². The van der Waals surface area contributed by atoms with E-state index in [-0.39, 0.29) is 11.9 Å². The van der Waals surface area contributed by atoms with Crippen molar-refractivity contribution in [1.29, 1.82) is 0 Å². The van der Waals surface area contributed by atoms with Gasteiger partial charge in [-0.15, -0.1) is 0 Å². The molecule has 4 heteroatoms. The van der Waals surface area contributed by atoms with Gasteiger partial charge in [0.2, 0.25) is 5.91 Å². The van der Waals surface area contributed by atoms with Gasteiger partial charge >= 0.3 is 0 Å². The van der Waals surface area contributed by atoms with E-state index >= 15 is 0 Å². The fourth-order valence-corrected chi connectivity index (χ4v) is 2.94. The molecule has 0 heterocycles. The minimum atomic E-state index is -0.0569. The van der Waals surface area contributed by atoms with Crippen LogP contribution in [-0.2, 0) is 4.79 Å². The van der Waals surface area contributed by atoms with Gasteiger partial charge in [-0.1, -0.05) is 26.2 Å². The normalized spacial score (nSPS) is 18.6. The lowest BCUT2D eigenvalue weighted by Gasteiger charge is -2.24. The minimum absolute atomic E-state index is 0.0569. The molecule has 0 radical (unpaired) electrons. The molecule has 1 fully saturated rings. The van der Waals surface area contributed by atoms with Crippen LogP contribution < -0.4 is 10.6 Å². The topological polar surface area (TPSA) is 41.1 Å². The maximum atomic E-state index is 12.0. The number of nitrogens with one attached hydrogen (secondary N) is 2. The zero-order chi connectivity index (χ0) is 13.2. The predicted molar refractivity (Wildman–Crippen MR) is 80.1 cm³/mol. The Balaban J connectivity index is 2.08. The van der Waals surface area contributed by atoms with Crippen molar-refractivity contribution in [3.63, 3.8) is 0 Å². The molecule has 0 saturated heterocycles. The predicted octanol–water partition coefficient (Wildman–Crippen LogP) is 2.56. The van der Waals surface area contributed by atoms with E-state index in [1.54, 1.807) is 0 Å². The highest BCUT2D eigenvalue weighted by Gasteiger charge is 2.18. The maximum absolute atomic E-state index is 12.0. The van der Waals surface area contributed by atoms with Crippen LogP contribution in [0.5, 0.6) is 0 Å². The van der Waals surface area contributed by atoms with Crippen molar-refractivity contribution in [2.45, 2.75) is 64.5 Å². The average Bonchev–Trinajstić information content (AvgIpc) is 2.39. The summed E-state index contributed by atoms with van der Waals surface area (Å²) in [6.45, 7) is 5.08. The highest BCUT2D eigenvalue weighted by molar-refractivity contribution is 7.99. The summed E-state index contributed by atoms with van der Waals surface area (Å²) in [5.41, 5.74) is 0. The quantitative estimate of drug-likeness (QED) is 0.667. The van der Waals surface area contributed by atoms with Crippen molar-refractivity contribution < 1.29 is 4.79 Å². The number of hydrogen-bond donors (Lipinski definition) is 2. The molecule has 0 aromatic heterocycles. The lowest BCUT2D eigenvalue weighted by Crippen LogP contribution is -2.47. The van der Waals surface area contributed by atoms with E-state index in [4.69, 9.17) is 0 Å². The third kappa shape index (κ3) is 6.64. The van der Waals surface area contributed by atoms with Gasteiger partial charge in [0.25, 0.3) is 0 Å². The van der Waals surface area contributed by atoms with Crippen molar-refractivity contribution in [2.75, 3.05) is 18.1 Å². The van der Waals surface area contributed by atoms with E-state index in [9.17, 15) is 4.79 Å². The summed E-state index contributed by atoms with van der Waals surface area (Å²) in [5, 5.41) is 6.47. The first-order chi connectivity index (χ1) is 8.74. The van der Waals surface area contributed by atoms with Crippen LogP contribution in [0.3, 0.4) is 0 Å². The van der Waals surface area contributed by atoms with E-state index in [1.165, 1.54) is 30.8 Å². The molecule has 1 rings (SSSR count). The molecule has 1 unspecified atom stereocenters. The largest absolute Gasteiger partial charge is 0.352 e. The molecule has 3 nitrogen and oxygen atoms in total. The molecule has 1 amide bonds. The number of amides is 1. The van der Waals surface area contributed by atoms with Gasteiger partial charge in [-0.05, 0) is 44.2 Å². The number of hydrogen-bond acceptors (Lipinski definition) is 3. The Morgan fingerprint density at radius 1 is 1.33 bits per heavy atom. The zero-order valence-electron chi connectivity index (χ0n) is 11.8. The zero-order valence-corrected chi connectivity index (χ0v) is 12.7. The Morgan fingerprint density at radius 2 is 2.06 bits per heavy atom. The summed E-state index contributed by atoms with van der Waals surface area (Å²) in [7, 11) is 0. The summed E-state index contributed by atoms with van der Waals surface area (Å²) in [6.07, 6.45) is 7.31. The van der Waals surface area contributed by atoms with Crippen LogP contribution in [0.2, 0.25) is 0 Å². The summed E-state index contributed by atoms with van der Waals surface area (Å²) in [5.74, 6) is 2.53. The second-order valence-electron chi connectivity index (χ2n) is 5.07. The fourth-order valence-electron chi connectivity index (χ4n) is 2.30. The number of carbonyl (C=O) groups excluding carboxylic acids is 1. The molecule has 18 heavy (non-hydrogen) atoms. The Labute approximate surface area is 116 Å². The van der Waals surface area contributed by atoms with Crippen LogP contribution in [0.15, 0.2) is 0 Å². The monoisotopic (exact) mass is 272 g/mol. The Bertz CT molecular complexity index is 230. The molecule has 2 N–H and O–H groups in total. The highest BCUT2D eigenvalue weighted by atomic mass is 32.2. The van der Waals surface area contributed by atoms with Crippen LogP contribution in [0.1, 0.15) is 52.4 Å². The molecule has 0 bridgehead atoms. The molecule has 0 aromatic carbocycles.